The van der Waals surface area contributed by atoms with Gasteiger partial charge in [-0.3, -0.25) is 0 Å². The highest BCUT2D eigenvalue weighted by molar-refractivity contribution is 6.30. The molecule has 10 rings (SSSR count). The lowest BCUT2D eigenvalue weighted by Gasteiger charge is -2.35. The van der Waals surface area contributed by atoms with Crippen molar-refractivity contribution >= 4 is 45.1 Å². The third-order valence-electron chi connectivity index (χ3n) is 14.7. The van der Waals surface area contributed by atoms with Crippen LogP contribution in [0.3, 0.4) is 0 Å². The summed E-state index contributed by atoms with van der Waals surface area (Å²) < 4.78 is 12.2. The summed E-state index contributed by atoms with van der Waals surface area (Å²) in [6, 6.07) is 28.9. The topological polar surface area (TPSA) is 117 Å². The number of benzene rings is 2. The molecule has 6 heterocycles. The van der Waals surface area contributed by atoms with E-state index in [9.17, 15) is 9.59 Å². The highest BCUT2D eigenvalue weighted by Crippen LogP contribution is 2.36. The molecule has 0 spiro atoms. The van der Waals surface area contributed by atoms with Gasteiger partial charge >= 0.3 is 11.9 Å². The van der Waals surface area contributed by atoms with Crippen molar-refractivity contribution in [2.45, 2.75) is 89.3 Å². The summed E-state index contributed by atoms with van der Waals surface area (Å²) in [5.41, 5.74) is 2.23. The molecule has 358 valence electrons. The Morgan fingerprint density at radius 1 is 0.529 bits per heavy atom. The number of piperazine rings is 2. The van der Waals surface area contributed by atoms with Gasteiger partial charge in [-0.25, -0.2) is 29.5 Å². The Kier molecular flexibility index (Phi) is 14.1. The van der Waals surface area contributed by atoms with E-state index in [4.69, 9.17) is 19.4 Å². The van der Waals surface area contributed by atoms with Crippen LogP contribution in [0.5, 0.6) is 0 Å². The molecule has 2 aliphatic carbocycles. The number of nitrogens with zero attached hydrogens (tertiary/aromatic N) is 8. The predicted molar refractivity (Wildman–Crippen MR) is 276 cm³/mol. The highest BCUT2D eigenvalue weighted by Gasteiger charge is 2.41. The predicted octanol–water partition coefficient (Wildman–Crippen LogP) is 9.09. The molecule has 70 heavy (non-hydrogen) atoms. The Hall–Kier alpha value is -6.86. The fourth-order valence-electron chi connectivity index (χ4n) is 10.6. The molecule has 0 amide bonds. The molecule has 0 N–H and O–H groups in total. The van der Waals surface area contributed by atoms with Crippen molar-refractivity contribution in [3.63, 3.8) is 0 Å². The van der Waals surface area contributed by atoms with Gasteiger partial charge in [-0.15, -0.1) is 0 Å². The van der Waals surface area contributed by atoms with Crippen molar-refractivity contribution in [2.75, 3.05) is 75.2 Å². The van der Waals surface area contributed by atoms with E-state index in [-0.39, 0.29) is 0 Å². The van der Waals surface area contributed by atoms with E-state index in [1.807, 2.05) is 24.3 Å². The first-order valence-electron chi connectivity index (χ1n) is 25.5. The molecular weight excluding hydrogens is 873 g/mol. The maximum absolute atomic E-state index is 13.9. The molecule has 0 unspecified atom stereocenters. The second kappa shape index (κ2) is 21.0. The monoisotopic (exact) mass is 934 g/mol. The number of hydrogen-bond acceptors (Lipinski definition) is 12. The third kappa shape index (κ3) is 10.5. The zero-order valence-electron chi connectivity index (χ0n) is 40.6. The summed E-state index contributed by atoms with van der Waals surface area (Å²) in [5, 5.41) is 4.51. The van der Waals surface area contributed by atoms with Crippen molar-refractivity contribution in [3.8, 4) is 46.2 Å². The van der Waals surface area contributed by atoms with E-state index in [2.05, 4.69) is 128 Å². The van der Waals surface area contributed by atoms with Gasteiger partial charge in [0.15, 0.2) is 11.2 Å². The number of aromatic nitrogens is 4. The Morgan fingerprint density at radius 3 is 1.33 bits per heavy atom. The van der Waals surface area contributed by atoms with Crippen molar-refractivity contribution in [2.24, 2.45) is 0 Å². The number of ether oxygens (including phenoxy) is 2. The Labute approximate surface area is 411 Å². The zero-order chi connectivity index (χ0) is 47.9. The van der Waals surface area contributed by atoms with Gasteiger partial charge in [0, 0.05) is 86.7 Å². The molecule has 12 heteroatoms. The fraction of sp³-hybridized carbons (Fsp3) is 0.414. The van der Waals surface area contributed by atoms with Gasteiger partial charge in [0.2, 0.25) is 0 Å². The summed E-state index contributed by atoms with van der Waals surface area (Å²) in [6.45, 7) is 14.2. The Morgan fingerprint density at radius 2 is 0.929 bits per heavy atom. The Balaban J connectivity index is 0.864. The first-order valence-corrected chi connectivity index (χ1v) is 25.5. The fourth-order valence-corrected chi connectivity index (χ4v) is 10.6. The van der Waals surface area contributed by atoms with E-state index in [0.717, 1.165) is 160 Å². The summed E-state index contributed by atoms with van der Waals surface area (Å²) in [6.07, 6.45) is 10.8. The molecule has 4 aliphatic rings. The summed E-state index contributed by atoms with van der Waals surface area (Å²) in [5.74, 6) is 12.9. The molecule has 6 aromatic rings. The molecule has 2 aliphatic heterocycles. The van der Waals surface area contributed by atoms with E-state index >= 15 is 0 Å². The number of carbonyl (C=O) groups excluding carboxylic acids is 2. The largest absolute Gasteiger partial charge is 0.437 e. The molecule has 0 bridgehead atoms. The summed E-state index contributed by atoms with van der Waals surface area (Å²) in [7, 11) is 0. The molecule has 2 saturated heterocycles. The minimum absolute atomic E-state index is 0.510. The SMILES string of the molecule is CCN1CCN(c2nc(-c3ccnc(C#CC4(OC(=O)C(=O)OC5(C#Cc6cc(-c7cc8ccccc8c(N8CCN(CC)CC8)n7)ccn6)CCCCC5)CCCCC4)c3)cc3ccccc23)CC1. The average molecular weight is 935 g/mol. The number of likely N-dealkylation sites (N-methyl/N-ethyl adjacent to an activating group) is 2. The van der Waals surface area contributed by atoms with Crippen LogP contribution in [-0.4, -0.2) is 118 Å². The molecule has 0 atom stereocenters. The second-order valence-electron chi connectivity index (χ2n) is 19.2. The van der Waals surface area contributed by atoms with Crippen LogP contribution in [0.4, 0.5) is 11.6 Å². The number of esters is 2. The van der Waals surface area contributed by atoms with Crippen LogP contribution in [0.15, 0.2) is 97.3 Å². The number of fused-ring (bicyclic) bond motifs is 2. The smallest absolute Gasteiger partial charge is 0.419 e. The van der Waals surface area contributed by atoms with Crippen LogP contribution in [0.2, 0.25) is 0 Å². The summed E-state index contributed by atoms with van der Waals surface area (Å²) >= 11 is 0. The van der Waals surface area contributed by atoms with Gasteiger partial charge < -0.3 is 29.1 Å². The molecule has 12 nitrogen and oxygen atoms in total. The second-order valence-corrected chi connectivity index (χ2v) is 19.2. The first kappa shape index (κ1) is 46.8. The quantitative estimate of drug-likeness (QED) is 0.0824. The molecule has 2 saturated carbocycles. The molecule has 4 fully saturated rings. The highest BCUT2D eigenvalue weighted by atomic mass is 16.6. The number of anilines is 2. The van der Waals surface area contributed by atoms with Crippen molar-refractivity contribution in [1.29, 1.82) is 0 Å². The van der Waals surface area contributed by atoms with Crippen molar-refractivity contribution in [1.82, 2.24) is 29.7 Å². The van der Waals surface area contributed by atoms with E-state index < -0.39 is 23.1 Å². The maximum atomic E-state index is 13.9. The van der Waals surface area contributed by atoms with Gasteiger partial charge in [0.1, 0.15) is 23.0 Å². The lowest BCUT2D eigenvalue weighted by Crippen LogP contribution is -2.46. The average Bonchev–Trinajstić information content (AvgIpc) is 3.42. The van der Waals surface area contributed by atoms with Crippen LogP contribution >= 0.6 is 0 Å². The van der Waals surface area contributed by atoms with Crippen LogP contribution in [0, 0.1) is 23.7 Å². The van der Waals surface area contributed by atoms with Gasteiger partial charge in [-0.1, -0.05) is 75.2 Å². The number of rotatable bonds is 8. The number of pyridine rings is 4. The van der Waals surface area contributed by atoms with Gasteiger partial charge in [-0.05, 0) is 135 Å². The minimum Gasteiger partial charge on any atom is -0.437 e. The van der Waals surface area contributed by atoms with Gasteiger partial charge in [0.05, 0.1) is 11.4 Å². The number of carbonyl (C=O) groups is 2. The molecule has 2 aromatic carbocycles. The maximum Gasteiger partial charge on any atom is 0.419 e. The van der Waals surface area contributed by atoms with E-state index in [0.29, 0.717) is 37.1 Å². The van der Waals surface area contributed by atoms with Crippen molar-refractivity contribution in [3.05, 3.63) is 109 Å². The van der Waals surface area contributed by atoms with E-state index in [1.54, 1.807) is 12.4 Å². The van der Waals surface area contributed by atoms with Crippen LogP contribution in [0.25, 0.3) is 44.1 Å². The van der Waals surface area contributed by atoms with E-state index in [1.165, 1.54) is 0 Å². The van der Waals surface area contributed by atoms with Gasteiger partial charge in [0.25, 0.3) is 0 Å². The molecule has 0 radical (unpaired) electrons. The molecular formula is C58H62N8O4. The summed E-state index contributed by atoms with van der Waals surface area (Å²) in [4.78, 5) is 57.1. The van der Waals surface area contributed by atoms with Crippen LogP contribution < -0.4 is 9.80 Å². The van der Waals surface area contributed by atoms with Crippen LogP contribution in [0.1, 0.15) is 89.4 Å². The molecule has 4 aromatic heterocycles. The van der Waals surface area contributed by atoms with Gasteiger partial charge in [-0.2, -0.15) is 0 Å². The first-order chi connectivity index (χ1) is 34.3. The van der Waals surface area contributed by atoms with Crippen LogP contribution in [-0.2, 0) is 19.1 Å². The third-order valence-corrected chi connectivity index (χ3v) is 14.7. The Bertz CT molecular complexity index is 2790. The van der Waals surface area contributed by atoms with Crippen molar-refractivity contribution < 1.29 is 19.1 Å². The standard InChI is InChI=1S/C58H62N8O4/c1-3-63-31-35-65(36-32-63)53-49-17-9-7-15-43(49)41-51(61-53)45-21-29-59-47(39-45)19-27-57(23-11-5-12-24-57)69-55(67)56(68)70-58(25-13-6-14-26-58)28-20-48-40-46(22-30-60-48)52-42-44-16-8-10-18-50(44)54(62-52)66-37-33-64(4-2)34-38-66/h7-10,15-18,21-22,29-30,39-42H,3-6,11-14,23-26,31-38H2,1-2H3. The lowest BCUT2D eigenvalue weighted by atomic mass is 9.84. The minimum atomic E-state index is -1.16. The number of hydrogen-bond donors (Lipinski definition) is 0. The zero-order valence-corrected chi connectivity index (χ0v) is 40.6. The normalized spacial score (nSPS) is 18.3. The lowest BCUT2D eigenvalue weighted by molar-refractivity contribution is -0.182.